The second-order valence-corrected chi connectivity index (χ2v) is 7.81. The molecule has 0 amide bonds. The normalized spacial score (nSPS) is 11.4. The number of aromatic nitrogens is 3. The first kappa shape index (κ1) is 16.7. The number of nitrogens with zero attached hydrogens (tertiary/aromatic N) is 3. The van der Waals surface area contributed by atoms with Crippen molar-refractivity contribution in [2.24, 2.45) is 0 Å². The van der Waals surface area contributed by atoms with Crippen LogP contribution in [-0.2, 0) is 6.54 Å². The molecule has 0 aliphatic rings. The smallest absolute Gasteiger partial charge is 0.262 e. The van der Waals surface area contributed by atoms with Crippen LogP contribution >= 0.6 is 11.3 Å². The number of thiophene rings is 1. The first-order valence-electron chi connectivity index (χ1n) is 8.41. The van der Waals surface area contributed by atoms with Crippen LogP contribution in [-0.4, -0.2) is 14.5 Å². The maximum absolute atomic E-state index is 12.8. The third kappa shape index (κ3) is 2.76. The summed E-state index contributed by atoms with van der Waals surface area (Å²) >= 11 is 1.55. The molecule has 132 valence electrons. The highest BCUT2D eigenvalue weighted by molar-refractivity contribution is 7.18. The Hall–Kier alpha value is -2.73. The van der Waals surface area contributed by atoms with Crippen molar-refractivity contribution >= 4 is 21.6 Å². The van der Waals surface area contributed by atoms with Crippen molar-refractivity contribution in [2.45, 2.75) is 34.2 Å². The number of aryl methyl sites for hydroxylation is 4. The van der Waals surface area contributed by atoms with Crippen LogP contribution in [0.15, 0.2) is 40.0 Å². The van der Waals surface area contributed by atoms with Gasteiger partial charge in [0, 0.05) is 10.4 Å². The maximum Gasteiger partial charge on any atom is 0.262 e. The Morgan fingerprint density at radius 2 is 2.00 bits per heavy atom. The molecule has 4 aromatic rings. The molecule has 0 aliphatic heterocycles. The predicted octanol–water partition coefficient (Wildman–Crippen LogP) is 4.39. The number of rotatable bonds is 3. The molecule has 0 bridgehead atoms. The third-order valence-corrected chi connectivity index (χ3v) is 5.77. The predicted molar refractivity (Wildman–Crippen MR) is 104 cm³/mol. The largest absolute Gasteiger partial charge is 0.444 e. The van der Waals surface area contributed by atoms with Crippen LogP contribution in [0.1, 0.15) is 27.3 Å². The van der Waals surface area contributed by atoms with Crippen molar-refractivity contribution in [2.75, 3.05) is 0 Å². The van der Waals surface area contributed by atoms with Gasteiger partial charge in [0.15, 0.2) is 0 Å². The van der Waals surface area contributed by atoms with Crippen LogP contribution < -0.4 is 5.56 Å². The van der Waals surface area contributed by atoms with E-state index in [-0.39, 0.29) is 5.56 Å². The summed E-state index contributed by atoms with van der Waals surface area (Å²) < 4.78 is 7.24. The Morgan fingerprint density at radius 3 is 2.77 bits per heavy atom. The van der Waals surface area contributed by atoms with E-state index in [1.54, 1.807) is 28.5 Å². The molecule has 3 aromatic heterocycles. The van der Waals surface area contributed by atoms with Crippen molar-refractivity contribution in [3.05, 3.63) is 68.4 Å². The lowest BCUT2D eigenvalue weighted by atomic mass is 10.1. The van der Waals surface area contributed by atoms with Crippen LogP contribution in [0.2, 0.25) is 0 Å². The minimum Gasteiger partial charge on any atom is -0.444 e. The summed E-state index contributed by atoms with van der Waals surface area (Å²) in [6.07, 6.45) is 3.20. The number of benzene rings is 1. The van der Waals surface area contributed by atoms with E-state index in [1.807, 2.05) is 32.9 Å². The summed E-state index contributed by atoms with van der Waals surface area (Å²) in [4.78, 5) is 23.7. The van der Waals surface area contributed by atoms with Gasteiger partial charge < -0.3 is 4.42 Å². The second kappa shape index (κ2) is 6.21. The van der Waals surface area contributed by atoms with Crippen molar-refractivity contribution in [1.82, 2.24) is 14.5 Å². The molecule has 0 aliphatic carbocycles. The van der Waals surface area contributed by atoms with Crippen LogP contribution in [0.3, 0.4) is 0 Å². The first-order chi connectivity index (χ1) is 12.4. The number of oxazole rings is 1. The molecule has 0 spiro atoms. The molecule has 5 nitrogen and oxygen atoms in total. The lowest BCUT2D eigenvalue weighted by Gasteiger charge is -2.03. The van der Waals surface area contributed by atoms with Crippen LogP contribution in [0.25, 0.3) is 21.7 Å². The zero-order valence-electron chi connectivity index (χ0n) is 15.2. The molecule has 4 rings (SSSR count). The van der Waals surface area contributed by atoms with Gasteiger partial charge in [0.2, 0.25) is 5.89 Å². The molecular formula is C20H19N3O2S. The van der Waals surface area contributed by atoms with E-state index in [0.29, 0.717) is 23.5 Å². The summed E-state index contributed by atoms with van der Waals surface area (Å²) in [5.41, 5.74) is 4.95. The fourth-order valence-electron chi connectivity index (χ4n) is 3.11. The Kier molecular flexibility index (Phi) is 4.00. The molecule has 26 heavy (non-hydrogen) atoms. The van der Waals surface area contributed by atoms with E-state index in [9.17, 15) is 4.79 Å². The van der Waals surface area contributed by atoms with Gasteiger partial charge in [-0.1, -0.05) is 17.7 Å². The molecule has 0 saturated carbocycles. The molecule has 0 radical (unpaired) electrons. The van der Waals surface area contributed by atoms with Gasteiger partial charge in [0.05, 0.1) is 24.0 Å². The van der Waals surface area contributed by atoms with E-state index in [2.05, 4.69) is 23.0 Å². The molecule has 0 saturated heterocycles. The zero-order chi connectivity index (χ0) is 18.4. The van der Waals surface area contributed by atoms with Crippen LogP contribution in [0.4, 0.5) is 0 Å². The average Bonchev–Trinajstić information content (AvgIpc) is 3.16. The van der Waals surface area contributed by atoms with E-state index in [4.69, 9.17) is 4.42 Å². The fourth-order valence-corrected chi connectivity index (χ4v) is 4.10. The SMILES string of the molecule is Cc1ccc(-c2nc(Cn3cnc4sc(C)c(C)c4c3=O)co2)c(C)c1. The van der Waals surface area contributed by atoms with Gasteiger partial charge in [-0.15, -0.1) is 11.3 Å². The Bertz CT molecular complexity index is 1180. The van der Waals surface area contributed by atoms with E-state index >= 15 is 0 Å². The van der Waals surface area contributed by atoms with Gasteiger partial charge >= 0.3 is 0 Å². The molecule has 0 fully saturated rings. The average molecular weight is 365 g/mol. The number of hydrogen-bond acceptors (Lipinski definition) is 5. The third-order valence-electron chi connectivity index (χ3n) is 4.65. The quantitative estimate of drug-likeness (QED) is 0.540. The highest BCUT2D eigenvalue weighted by atomic mass is 32.1. The van der Waals surface area contributed by atoms with Gasteiger partial charge in [0.25, 0.3) is 5.56 Å². The maximum atomic E-state index is 12.8. The first-order valence-corrected chi connectivity index (χ1v) is 9.23. The molecular weight excluding hydrogens is 346 g/mol. The Balaban J connectivity index is 1.70. The molecule has 6 heteroatoms. The molecule has 0 unspecified atom stereocenters. The molecule has 0 N–H and O–H groups in total. The topological polar surface area (TPSA) is 60.9 Å². The minimum atomic E-state index is -0.0343. The van der Waals surface area contributed by atoms with Gasteiger partial charge in [-0.25, -0.2) is 9.97 Å². The number of fused-ring (bicyclic) bond motifs is 1. The molecule has 3 heterocycles. The van der Waals surface area contributed by atoms with Crippen molar-refractivity contribution in [3.63, 3.8) is 0 Å². The van der Waals surface area contributed by atoms with Crippen molar-refractivity contribution in [1.29, 1.82) is 0 Å². The standard InChI is InChI=1S/C20H19N3O2S/c1-11-5-6-16(12(2)7-11)18-22-15(9-25-18)8-23-10-21-19-17(20(23)24)13(3)14(4)26-19/h5-7,9-10H,8H2,1-4H3. The summed E-state index contributed by atoms with van der Waals surface area (Å²) in [6, 6.07) is 6.15. The Labute approximate surface area is 155 Å². The molecule has 1 aromatic carbocycles. The zero-order valence-corrected chi connectivity index (χ0v) is 16.0. The van der Waals surface area contributed by atoms with E-state index in [1.165, 1.54) is 5.56 Å². The summed E-state index contributed by atoms with van der Waals surface area (Å²) in [7, 11) is 0. The van der Waals surface area contributed by atoms with Gasteiger partial charge in [-0.2, -0.15) is 0 Å². The second-order valence-electron chi connectivity index (χ2n) is 6.60. The highest BCUT2D eigenvalue weighted by Crippen LogP contribution is 2.26. The van der Waals surface area contributed by atoms with Gasteiger partial charge in [-0.3, -0.25) is 9.36 Å². The van der Waals surface area contributed by atoms with Gasteiger partial charge in [-0.05, 0) is 44.9 Å². The van der Waals surface area contributed by atoms with Crippen molar-refractivity contribution in [3.8, 4) is 11.5 Å². The van der Waals surface area contributed by atoms with Gasteiger partial charge in [0.1, 0.15) is 11.1 Å². The summed E-state index contributed by atoms with van der Waals surface area (Å²) in [5.74, 6) is 0.571. The highest BCUT2D eigenvalue weighted by Gasteiger charge is 2.14. The van der Waals surface area contributed by atoms with Crippen molar-refractivity contribution < 1.29 is 4.42 Å². The lowest BCUT2D eigenvalue weighted by Crippen LogP contribution is -2.21. The van der Waals surface area contributed by atoms with E-state index < -0.39 is 0 Å². The van der Waals surface area contributed by atoms with E-state index in [0.717, 1.165) is 26.4 Å². The molecule has 0 atom stereocenters. The monoisotopic (exact) mass is 365 g/mol. The summed E-state index contributed by atoms with van der Waals surface area (Å²) in [5, 5.41) is 0.702. The fraction of sp³-hybridized carbons (Fsp3) is 0.250. The lowest BCUT2D eigenvalue weighted by molar-refractivity contribution is 0.570. The van der Waals surface area contributed by atoms with Crippen LogP contribution in [0.5, 0.6) is 0 Å². The van der Waals surface area contributed by atoms with Crippen LogP contribution in [0, 0.1) is 27.7 Å². The Morgan fingerprint density at radius 1 is 1.19 bits per heavy atom. The minimum absolute atomic E-state index is 0.0343. The summed E-state index contributed by atoms with van der Waals surface area (Å²) in [6.45, 7) is 8.41. The number of hydrogen-bond donors (Lipinski definition) is 0.